The summed E-state index contributed by atoms with van der Waals surface area (Å²) in [5.41, 5.74) is 6.18. The summed E-state index contributed by atoms with van der Waals surface area (Å²) in [6.45, 7) is 1.73. The summed E-state index contributed by atoms with van der Waals surface area (Å²) in [5.74, 6) is 1.88. The maximum atomic E-state index is 6.18. The first-order valence-corrected chi connectivity index (χ1v) is 8.36. The molecule has 1 unspecified atom stereocenters. The first kappa shape index (κ1) is 14.2. The van der Waals surface area contributed by atoms with Crippen LogP contribution in [0.15, 0.2) is 22.8 Å². The Kier molecular flexibility index (Phi) is 4.79. The molecule has 0 bridgehead atoms. The maximum Gasteiger partial charge on any atom is 0.117 e. The van der Waals surface area contributed by atoms with Crippen LogP contribution in [0.5, 0.6) is 0 Å². The van der Waals surface area contributed by atoms with E-state index in [-0.39, 0.29) is 0 Å². The van der Waals surface area contributed by atoms with Crippen LogP contribution in [-0.2, 0) is 6.54 Å². The van der Waals surface area contributed by atoms with Gasteiger partial charge in [0.05, 0.1) is 12.8 Å². The predicted molar refractivity (Wildman–Crippen MR) is 81.3 cm³/mol. The van der Waals surface area contributed by atoms with Crippen molar-refractivity contribution in [3.8, 4) is 0 Å². The highest BCUT2D eigenvalue weighted by atomic mass is 16.3. The molecule has 3 rings (SSSR count). The van der Waals surface area contributed by atoms with Crippen molar-refractivity contribution in [2.24, 2.45) is 11.7 Å². The average molecular weight is 276 g/mol. The first-order valence-electron chi connectivity index (χ1n) is 8.36. The average Bonchev–Trinajstić information content (AvgIpc) is 3.23. The normalized spacial score (nSPS) is 22.9. The van der Waals surface area contributed by atoms with Gasteiger partial charge >= 0.3 is 0 Å². The van der Waals surface area contributed by atoms with Gasteiger partial charge < -0.3 is 10.2 Å². The van der Waals surface area contributed by atoms with Crippen LogP contribution in [0.3, 0.4) is 0 Å². The van der Waals surface area contributed by atoms with Crippen LogP contribution in [0.4, 0.5) is 0 Å². The maximum absolute atomic E-state index is 6.18. The summed E-state index contributed by atoms with van der Waals surface area (Å²) in [6, 6.07) is 5.38. The third-order valence-corrected chi connectivity index (χ3v) is 5.05. The summed E-state index contributed by atoms with van der Waals surface area (Å²) in [4.78, 5) is 2.65. The molecule has 2 aliphatic carbocycles. The minimum atomic E-state index is 0.547. The highest BCUT2D eigenvalue weighted by Gasteiger charge is 2.37. The SMILES string of the molecule is NCC(C1CCCCCC1)N(Cc1ccco1)C1CC1. The molecule has 0 saturated heterocycles. The zero-order valence-electron chi connectivity index (χ0n) is 12.5. The van der Waals surface area contributed by atoms with Crippen LogP contribution in [0.1, 0.15) is 57.1 Å². The number of rotatable bonds is 6. The molecule has 0 aromatic carbocycles. The van der Waals surface area contributed by atoms with E-state index in [0.29, 0.717) is 6.04 Å². The van der Waals surface area contributed by atoms with Gasteiger partial charge in [-0.1, -0.05) is 25.7 Å². The molecular weight excluding hydrogens is 248 g/mol. The Labute approximate surface area is 122 Å². The van der Waals surface area contributed by atoms with Crippen LogP contribution >= 0.6 is 0 Å². The first-order chi connectivity index (χ1) is 9.88. The van der Waals surface area contributed by atoms with Crippen molar-refractivity contribution in [3.63, 3.8) is 0 Å². The van der Waals surface area contributed by atoms with E-state index in [2.05, 4.69) is 11.0 Å². The standard InChI is InChI=1S/C17H28N2O/c18-12-17(14-6-3-1-2-4-7-14)19(15-9-10-15)13-16-8-5-11-20-16/h5,8,11,14-15,17H,1-4,6-7,9-10,12-13,18H2. The van der Waals surface area contributed by atoms with Gasteiger partial charge in [0.25, 0.3) is 0 Å². The quantitative estimate of drug-likeness (QED) is 0.808. The third-order valence-electron chi connectivity index (χ3n) is 5.05. The summed E-state index contributed by atoms with van der Waals surface area (Å²) in [7, 11) is 0. The van der Waals surface area contributed by atoms with Crippen molar-refractivity contribution in [2.45, 2.75) is 70.0 Å². The van der Waals surface area contributed by atoms with Gasteiger partial charge in [0.1, 0.15) is 5.76 Å². The molecule has 20 heavy (non-hydrogen) atoms. The Balaban J connectivity index is 1.69. The lowest BCUT2D eigenvalue weighted by atomic mass is 9.90. The van der Waals surface area contributed by atoms with Crippen molar-refractivity contribution < 1.29 is 4.42 Å². The van der Waals surface area contributed by atoms with Crippen molar-refractivity contribution >= 4 is 0 Å². The summed E-state index contributed by atoms with van der Waals surface area (Å²) in [5, 5.41) is 0. The van der Waals surface area contributed by atoms with Crippen LogP contribution in [0.2, 0.25) is 0 Å². The van der Waals surface area contributed by atoms with Crippen LogP contribution in [0.25, 0.3) is 0 Å². The minimum absolute atomic E-state index is 0.547. The van der Waals surface area contributed by atoms with E-state index in [9.17, 15) is 0 Å². The number of hydrogen-bond acceptors (Lipinski definition) is 3. The fourth-order valence-electron chi connectivity index (χ4n) is 3.80. The lowest BCUT2D eigenvalue weighted by molar-refractivity contribution is 0.111. The monoisotopic (exact) mass is 276 g/mol. The van der Waals surface area contributed by atoms with Gasteiger partial charge in [-0.15, -0.1) is 0 Å². The minimum Gasteiger partial charge on any atom is -0.468 e. The fraction of sp³-hybridized carbons (Fsp3) is 0.765. The molecule has 2 fully saturated rings. The Morgan fingerprint density at radius 1 is 1.15 bits per heavy atom. The lowest BCUT2D eigenvalue weighted by Crippen LogP contribution is -2.46. The van der Waals surface area contributed by atoms with E-state index in [1.54, 1.807) is 6.26 Å². The van der Waals surface area contributed by atoms with Gasteiger partial charge in [-0.05, 0) is 43.7 Å². The number of hydrogen-bond donors (Lipinski definition) is 1. The zero-order valence-corrected chi connectivity index (χ0v) is 12.5. The summed E-state index contributed by atoms with van der Waals surface area (Å²) < 4.78 is 5.57. The van der Waals surface area contributed by atoms with Gasteiger partial charge in [0, 0.05) is 18.6 Å². The van der Waals surface area contributed by atoms with Gasteiger partial charge in [0.2, 0.25) is 0 Å². The van der Waals surface area contributed by atoms with Gasteiger partial charge in [-0.25, -0.2) is 0 Å². The Morgan fingerprint density at radius 3 is 2.45 bits per heavy atom. The molecule has 2 aliphatic rings. The highest BCUT2D eigenvalue weighted by Crippen LogP contribution is 2.35. The number of furan rings is 1. The van der Waals surface area contributed by atoms with Crippen molar-refractivity contribution in [1.82, 2.24) is 4.90 Å². The Morgan fingerprint density at radius 2 is 1.90 bits per heavy atom. The van der Waals surface area contributed by atoms with E-state index in [4.69, 9.17) is 10.2 Å². The molecule has 0 aliphatic heterocycles. The van der Waals surface area contributed by atoms with E-state index >= 15 is 0 Å². The Bertz CT molecular complexity index is 378. The third kappa shape index (κ3) is 3.44. The van der Waals surface area contributed by atoms with E-state index in [1.165, 1.54) is 51.4 Å². The topological polar surface area (TPSA) is 42.4 Å². The molecule has 1 heterocycles. The highest BCUT2D eigenvalue weighted by molar-refractivity contribution is 5.01. The summed E-state index contributed by atoms with van der Waals surface area (Å²) >= 11 is 0. The zero-order chi connectivity index (χ0) is 13.8. The number of nitrogens with two attached hydrogens (primary N) is 1. The van der Waals surface area contributed by atoms with Crippen molar-refractivity contribution in [3.05, 3.63) is 24.2 Å². The molecule has 1 aromatic heterocycles. The molecule has 112 valence electrons. The number of nitrogens with zero attached hydrogens (tertiary/aromatic N) is 1. The molecule has 0 radical (unpaired) electrons. The molecule has 1 atom stereocenters. The van der Waals surface area contributed by atoms with Gasteiger partial charge in [-0.3, -0.25) is 4.90 Å². The largest absolute Gasteiger partial charge is 0.468 e. The van der Waals surface area contributed by atoms with Crippen LogP contribution < -0.4 is 5.73 Å². The Hall–Kier alpha value is -0.800. The predicted octanol–water partition coefficient (Wildman–Crippen LogP) is 3.54. The van der Waals surface area contributed by atoms with E-state index in [0.717, 1.165) is 30.8 Å². The summed E-state index contributed by atoms with van der Waals surface area (Å²) in [6.07, 6.45) is 12.8. The van der Waals surface area contributed by atoms with Crippen molar-refractivity contribution in [2.75, 3.05) is 6.54 Å². The van der Waals surface area contributed by atoms with Gasteiger partial charge in [0.15, 0.2) is 0 Å². The van der Waals surface area contributed by atoms with Gasteiger partial charge in [-0.2, -0.15) is 0 Å². The lowest BCUT2D eigenvalue weighted by Gasteiger charge is -2.36. The molecule has 2 saturated carbocycles. The second-order valence-electron chi connectivity index (χ2n) is 6.54. The molecule has 2 N–H and O–H groups in total. The molecular formula is C17H28N2O. The molecule has 0 amide bonds. The molecule has 3 nitrogen and oxygen atoms in total. The van der Waals surface area contributed by atoms with Crippen molar-refractivity contribution in [1.29, 1.82) is 0 Å². The molecule has 3 heteroatoms. The van der Waals surface area contributed by atoms with E-state index < -0.39 is 0 Å². The van der Waals surface area contributed by atoms with Crippen LogP contribution in [0, 0.1) is 5.92 Å². The molecule has 1 aromatic rings. The smallest absolute Gasteiger partial charge is 0.117 e. The fourth-order valence-corrected chi connectivity index (χ4v) is 3.80. The van der Waals surface area contributed by atoms with E-state index in [1.807, 2.05) is 6.07 Å². The second kappa shape index (κ2) is 6.77. The molecule has 0 spiro atoms. The van der Waals surface area contributed by atoms with Crippen LogP contribution in [-0.4, -0.2) is 23.5 Å². The second-order valence-corrected chi connectivity index (χ2v) is 6.54.